The number of rotatable bonds is 7. The fourth-order valence-electron chi connectivity index (χ4n) is 1.53. The van der Waals surface area contributed by atoms with Gasteiger partial charge >= 0.3 is 0 Å². The third-order valence-electron chi connectivity index (χ3n) is 2.81. The zero-order valence-corrected chi connectivity index (χ0v) is 13.8. The molecule has 0 radical (unpaired) electrons. The molecule has 0 heterocycles. The summed E-state index contributed by atoms with van der Waals surface area (Å²) in [5.74, 6) is 1.42. The summed E-state index contributed by atoms with van der Waals surface area (Å²) in [6.45, 7) is 6.84. The minimum Gasteiger partial charge on any atom is -0.493 e. The number of hydrazone groups is 1. The van der Waals surface area contributed by atoms with Crippen LogP contribution in [0.4, 0.5) is 0 Å². The van der Waals surface area contributed by atoms with Crippen LogP contribution in [0.15, 0.2) is 23.3 Å². The second-order valence-electron chi connectivity index (χ2n) is 4.48. The molecule has 116 valence electrons. The average molecular weight is 309 g/mol. The smallest absolute Gasteiger partial charge is 0.186 e. The molecule has 0 fully saturated rings. The number of nitrogens with one attached hydrogen (secondary N) is 2. The first-order valence-electron chi connectivity index (χ1n) is 7.02. The Kier molecular flexibility index (Phi) is 7.53. The first-order valence-corrected chi connectivity index (χ1v) is 7.43. The van der Waals surface area contributed by atoms with Crippen molar-refractivity contribution in [1.82, 2.24) is 10.7 Å². The lowest BCUT2D eigenvalue weighted by Gasteiger charge is -2.15. The standard InChI is InChI=1S/C15H23N3O2S/c1-5-11(3)20-13-8-7-12(9-14(13)19-4)10-17-18-15(21)16-6-2/h7-11H,5-6H2,1-4H3,(H2,16,18,21)/b17-10-/t11-/m0/s1. The van der Waals surface area contributed by atoms with Crippen LogP contribution in [0.25, 0.3) is 0 Å². The van der Waals surface area contributed by atoms with Crippen LogP contribution in [0.3, 0.4) is 0 Å². The lowest BCUT2D eigenvalue weighted by Crippen LogP contribution is -2.31. The molecule has 0 aliphatic heterocycles. The van der Waals surface area contributed by atoms with Gasteiger partial charge in [0.05, 0.1) is 19.4 Å². The van der Waals surface area contributed by atoms with Gasteiger partial charge in [-0.1, -0.05) is 6.92 Å². The number of methoxy groups -OCH3 is 1. The van der Waals surface area contributed by atoms with Crippen LogP contribution in [0, 0.1) is 0 Å². The first-order chi connectivity index (χ1) is 10.1. The summed E-state index contributed by atoms with van der Waals surface area (Å²) >= 11 is 5.02. The maximum atomic E-state index is 5.80. The van der Waals surface area contributed by atoms with E-state index in [0.717, 1.165) is 24.3 Å². The molecule has 0 aliphatic carbocycles. The third-order valence-corrected chi connectivity index (χ3v) is 3.04. The van der Waals surface area contributed by atoms with Crippen molar-refractivity contribution in [1.29, 1.82) is 0 Å². The molecule has 1 rings (SSSR count). The maximum Gasteiger partial charge on any atom is 0.186 e. The maximum absolute atomic E-state index is 5.80. The van der Waals surface area contributed by atoms with Crippen molar-refractivity contribution in [2.75, 3.05) is 13.7 Å². The third kappa shape index (κ3) is 5.99. The van der Waals surface area contributed by atoms with E-state index in [1.165, 1.54) is 0 Å². The predicted octanol–water partition coefficient (Wildman–Crippen LogP) is 2.69. The molecule has 0 aromatic heterocycles. The van der Waals surface area contributed by atoms with Gasteiger partial charge in [0.25, 0.3) is 0 Å². The van der Waals surface area contributed by atoms with Gasteiger partial charge in [-0.05, 0) is 56.2 Å². The molecular weight excluding hydrogens is 286 g/mol. The van der Waals surface area contributed by atoms with Gasteiger partial charge in [0.2, 0.25) is 0 Å². The average Bonchev–Trinajstić information content (AvgIpc) is 2.48. The highest BCUT2D eigenvalue weighted by Crippen LogP contribution is 2.28. The second kappa shape index (κ2) is 9.18. The van der Waals surface area contributed by atoms with E-state index in [0.29, 0.717) is 10.9 Å². The van der Waals surface area contributed by atoms with Crippen molar-refractivity contribution in [3.8, 4) is 11.5 Å². The first kappa shape index (κ1) is 17.2. The molecule has 1 atom stereocenters. The summed E-state index contributed by atoms with van der Waals surface area (Å²) in [6, 6.07) is 5.68. The summed E-state index contributed by atoms with van der Waals surface area (Å²) in [7, 11) is 1.62. The van der Waals surface area contributed by atoms with Crippen LogP contribution >= 0.6 is 12.2 Å². The van der Waals surface area contributed by atoms with Crippen molar-refractivity contribution in [3.05, 3.63) is 23.8 Å². The van der Waals surface area contributed by atoms with Crippen LogP contribution in [-0.4, -0.2) is 31.1 Å². The van der Waals surface area contributed by atoms with E-state index in [9.17, 15) is 0 Å². The highest BCUT2D eigenvalue weighted by molar-refractivity contribution is 7.80. The summed E-state index contributed by atoms with van der Waals surface area (Å²) in [5, 5.41) is 7.52. The lowest BCUT2D eigenvalue weighted by atomic mass is 10.2. The number of ether oxygens (including phenoxy) is 2. The molecule has 1 aromatic carbocycles. The number of thiocarbonyl (C=S) groups is 1. The van der Waals surface area contributed by atoms with Crippen LogP contribution in [0.2, 0.25) is 0 Å². The minimum absolute atomic E-state index is 0.151. The Hall–Kier alpha value is -1.82. The summed E-state index contributed by atoms with van der Waals surface area (Å²) in [4.78, 5) is 0. The molecule has 1 aromatic rings. The largest absolute Gasteiger partial charge is 0.493 e. The molecule has 2 N–H and O–H groups in total. The fourth-order valence-corrected chi connectivity index (χ4v) is 1.72. The molecule has 0 unspecified atom stereocenters. The van der Waals surface area contributed by atoms with E-state index in [2.05, 4.69) is 22.8 Å². The van der Waals surface area contributed by atoms with E-state index in [1.807, 2.05) is 32.0 Å². The van der Waals surface area contributed by atoms with Crippen molar-refractivity contribution in [2.24, 2.45) is 5.10 Å². The SMILES string of the molecule is CCNC(=S)N/N=C\c1ccc(O[C@@H](C)CC)c(OC)c1. The normalized spacial score (nSPS) is 12.0. The highest BCUT2D eigenvalue weighted by Gasteiger charge is 2.08. The molecule has 0 saturated carbocycles. The van der Waals surface area contributed by atoms with Gasteiger partial charge in [0, 0.05) is 6.54 Å². The van der Waals surface area contributed by atoms with Gasteiger partial charge in [0.15, 0.2) is 16.6 Å². The predicted molar refractivity (Wildman–Crippen MR) is 90.4 cm³/mol. The topological polar surface area (TPSA) is 54.9 Å². The van der Waals surface area contributed by atoms with Crippen molar-refractivity contribution >= 4 is 23.5 Å². The Morgan fingerprint density at radius 3 is 2.76 bits per heavy atom. The molecule has 5 nitrogen and oxygen atoms in total. The van der Waals surface area contributed by atoms with Gasteiger partial charge in [-0.15, -0.1) is 0 Å². The zero-order valence-electron chi connectivity index (χ0n) is 13.0. The van der Waals surface area contributed by atoms with Gasteiger partial charge in [0.1, 0.15) is 0 Å². The molecule has 0 amide bonds. The van der Waals surface area contributed by atoms with Crippen LogP contribution in [0.1, 0.15) is 32.8 Å². The zero-order chi connectivity index (χ0) is 15.7. The van der Waals surface area contributed by atoms with Gasteiger partial charge in [-0.2, -0.15) is 5.10 Å². The molecule has 21 heavy (non-hydrogen) atoms. The summed E-state index contributed by atoms with van der Waals surface area (Å²) < 4.78 is 11.2. The van der Waals surface area contributed by atoms with Gasteiger partial charge in [-0.3, -0.25) is 5.43 Å². The van der Waals surface area contributed by atoms with E-state index in [4.69, 9.17) is 21.7 Å². The highest BCUT2D eigenvalue weighted by atomic mass is 32.1. The molecule has 0 spiro atoms. The van der Waals surface area contributed by atoms with E-state index in [-0.39, 0.29) is 6.10 Å². The Morgan fingerprint density at radius 2 is 2.14 bits per heavy atom. The van der Waals surface area contributed by atoms with Crippen molar-refractivity contribution in [2.45, 2.75) is 33.3 Å². The Balaban J connectivity index is 2.73. The van der Waals surface area contributed by atoms with E-state index in [1.54, 1.807) is 13.3 Å². The number of hydrogen-bond acceptors (Lipinski definition) is 4. The summed E-state index contributed by atoms with van der Waals surface area (Å²) in [5.41, 5.74) is 3.64. The molecule has 6 heteroatoms. The lowest BCUT2D eigenvalue weighted by molar-refractivity contribution is 0.207. The minimum atomic E-state index is 0.151. The van der Waals surface area contributed by atoms with Crippen molar-refractivity contribution < 1.29 is 9.47 Å². The Morgan fingerprint density at radius 1 is 1.38 bits per heavy atom. The van der Waals surface area contributed by atoms with E-state index >= 15 is 0 Å². The molecular formula is C15H23N3O2S. The van der Waals surface area contributed by atoms with Crippen molar-refractivity contribution in [3.63, 3.8) is 0 Å². The monoisotopic (exact) mass is 309 g/mol. The fraction of sp³-hybridized carbons (Fsp3) is 0.467. The van der Waals surface area contributed by atoms with Crippen LogP contribution in [0.5, 0.6) is 11.5 Å². The van der Waals surface area contributed by atoms with Crippen LogP contribution in [-0.2, 0) is 0 Å². The Bertz CT molecular complexity index is 492. The molecule has 0 aliphatic rings. The summed E-state index contributed by atoms with van der Waals surface area (Å²) in [6.07, 6.45) is 2.77. The second-order valence-corrected chi connectivity index (χ2v) is 4.88. The molecule has 0 bridgehead atoms. The van der Waals surface area contributed by atoms with Gasteiger partial charge < -0.3 is 14.8 Å². The number of benzene rings is 1. The number of hydrogen-bond donors (Lipinski definition) is 2. The van der Waals surface area contributed by atoms with Gasteiger partial charge in [-0.25, -0.2) is 0 Å². The van der Waals surface area contributed by atoms with E-state index < -0.39 is 0 Å². The number of nitrogens with zero attached hydrogens (tertiary/aromatic N) is 1. The molecule has 0 saturated heterocycles. The quantitative estimate of drug-likeness (QED) is 0.461. The Labute approximate surface area is 131 Å². The van der Waals surface area contributed by atoms with Crippen LogP contribution < -0.4 is 20.2 Å².